The van der Waals surface area contributed by atoms with Gasteiger partial charge < -0.3 is 10.2 Å². The maximum atomic E-state index is 12.2. The standard InChI is InChI=1S/C16H15BrN2O2S/c1-10-7-12(17)4-5-13(10)18-15(20)11-8-19(9-11)16(21)14-3-2-6-22-14/h2-7,11H,8-9H2,1H3,(H,18,20). The first-order chi connectivity index (χ1) is 10.5. The smallest absolute Gasteiger partial charge is 0.263 e. The molecule has 2 heterocycles. The maximum absolute atomic E-state index is 12.2. The highest BCUT2D eigenvalue weighted by molar-refractivity contribution is 9.10. The molecule has 4 nitrogen and oxygen atoms in total. The number of nitrogens with one attached hydrogen (secondary N) is 1. The maximum Gasteiger partial charge on any atom is 0.263 e. The van der Waals surface area contributed by atoms with Crippen molar-refractivity contribution >= 4 is 44.8 Å². The van der Waals surface area contributed by atoms with E-state index in [-0.39, 0.29) is 17.7 Å². The van der Waals surface area contributed by atoms with Crippen LogP contribution in [0.4, 0.5) is 5.69 Å². The number of likely N-dealkylation sites (tertiary alicyclic amines) is 1. The second kappa shape index (κ2) is 6.22. The van der Waals surface area contributed by atoms with Gasteiger partial charge in [0.25, 0.3) is 5.91 Å². The molecule has 114 valence electrons. The van der Waals surface area contributed by atoms with E-state index in [2.05, 4.69) is 21.2 Å². The molecule has 22 heavy (non-hydrogen) atoms. The summed E-state index contributed by atoms with van der Waals surface area (Å²) in [5.41, 5.74) is 1.82. The molecule has 3 rings (SSSR count). The van der Waals surface area contributed by atoms with Gasteiger partial charge in [-0.05, 0) is 42.1 Å². The SMILES string of the molecule is Cc1cc(Br)ccc1NC(=O)C1CN(C(=O)c2cccs2)C1. The van der Waals surface area contributed by atoms with Crippen LogP contribution in [-0.4, -0.2) is 29.8 Å². The molecule has 0 atom stereocenters. The fourth-order valence-electron chi connectivity index (χ4n) is 2.37. The van der Waals surface area contributed by atoms with Gasteiger partial charge >= 0.3 is 0 Å². The molecule has 0 radical (unpaired) electrons. The van der Waals surface area contributed by atoms with Crippen LogP contribution >= 0.6 is 27.3 Å². The minimum Gasteiger partial charge on any atom is -0.336 e. The van der Waals surface area contributed by atoms with Crippen molar-refractivity contribution in [1.29, 1.82) is 0 Å². The molecule has 0 bridgehead atoms. The number of anilines is 1. The zero-order valence-electron chi connectivity index (χ0n) is 12.0. The van der Waals surface area contributed by atoms with E-state index < -0.39 is 0 Å². The Bertz CT molecular complexity index is 709. The van der Waals surface area contributed by atoms with E-state index in [0.717, 1.165) is 20.6 Å². The van der Waals surface area contributed by atoms with E-state index in [0.29, 0.717) is 13.1 Å². The summed E-state index contributed by atoms with van der Waals surface area (Å²) < 4.78 is 0.986. The van der Waals surface area contributed by atoms with E-state index in [4.69, 9.17) is 0 Å². The third-order valence-corrected chi connectivity index (χ3v) is 5.07. The Labute approximate surface area is 141 Å². The molecule has 1 aliphatic rings. The van der Waals surface area contributed by atoms with Crippen molar-refractivity contribution in [1.82, 2.24) is 4.90 Å². The summed E-state index contributed by atoms with van der Waals surface area (Å²) in [7, 11) is 0. The molecule has 2 amide bonds. The summed E-state index contributed by atoms with van der Waals surface area (Å²) in [6, 6.07) is 9.41. The Morgan fingerprint density at radius 1 is 1.32 bits per heavy atom. The molecule has 1 aromatic carbocycles. The summed E-state index contributed by atoms with van der Waals surface area (Å²) in [5.74, 6) is -0.147. The lowest BCUT2D eigenvalue weighted by Gasteiger charge is -2.38. The average molecular weight is 379 g/mol. The van der Waals surface area contributed by atoms with Gasteiger partial charge in [0, 0.05) is 23.2 Å². The van der Waals surface area contributed by atoms with Crippen molar-refractivity contribution in [3.05, 3.63) is 50.6 Å². The second-order valence-corrected chi connectivity index (χ2v) is 7.20. The number of amides is 2. The first-order valence-corrected chi connectivity index (χ1v) is 8.61. The summed E-state index contributed by atoms with van der Waals surface area (Å²) in [4.78, 5) is 26.8. The molecular formula is C16H15BrN2O2S. The third kappa shape index (κ3) is 3.08. The van der Waals surface area contributed by atoms with Crippen LogP contribution in [0, 0.1) is 12.8 Å². The Hall–Kier alpha value is -1.66. The van der Waals surface area contributed by atoms with Crippen molar-refractivity contribution in [2.45, 2.75) is 6.92 Å². The van der Waals surface area contributed by atoms with Gasteiger partial charge in [0.05, 0.1) is 10.8 Å². The lowest BCUT2D eigenvalue weighted by molar-refractivity contribution is -0.123. The van der Waals surface area contributed by atoms with E-state index >= 15 is 0 Å². The van der Waals surface area contributed by atoms with Crippen LogP contribution in [0.25, 0.3) is 0 Å². The molecule has 0 saturated carbocycles. The van der Waals surface area contributed by atoms with Crippen LogP contribution in [-0.2, 0) is 4.79 Å². The summed E-state index contributed by atoms with van der Waals surface area (Å²) >= 11 is 4.83. The first-order valence-electron chi connectivity index (χ1n) is 6.94. The van der Waals surface area contributed by atoms with Crippen molar-refractivity contribution in [2.75, 3.05) is 18.4 Å². The highest BCUT2D eigenvalue weighted by Gasteiger charge is 2.36. The average Bonchev–Trinajstić information content (AvgIpc) is 2.94. The fraction of sp³-hybridized carbons (Fsp3) is 0.250. The molecule has 0 spiro atoms. The van der Waals surface area contributed by atoms with Gasteiger partial charge in [-0.3, -0.25) is 9.59 Å². The fourth-order valence-corrected chi connectivity index (χ4v) is 3.53. The number of hydrogen-bond acceptors (Lipinski definition) is 3. The lowest BCUT2D eigenvalue weighted by Crippen LogP contribution is -2.54. The van der Waals surface area contributed by atoms with Gasteiger partial charge in [-0.2, -0.15) is 0 Å². The molecule has 1 saturated heterocycles. The summed E-state index contributed by atoms with van der Waals surface area (Å²) in [6.45, 7) is 2.92. The first kappa shape index (κ1) is 15.2. The monoisotopic (exact) mass is 378 g/mol. The molecule has 1 aromatic heterocycles. The zero-order valence-corrected chi connectivity index (χ0v) is 14.4. The normalized spacial score (nSPS) is 14.5. The molecule has 1 aliphatic heterocycles. The van der Waals surface area contributed by atoms with E-state index in [1.54, 1.807) is 4.90 Å². The molecule has 6 heteroatoms. The zero-order chi connectivity index (χ0) is 15.7. The number of nitrogens with zero attached hydrogens (tertiary/aromatic N) is 1. The number of rotatable bonds is 3. The number of carbonyl (C=O) groups is 2. The number of thiophene rings is 1. The number of carbonyl (C=O) groups excluding carboxylic acids is 2. The molecular weight excluding hydrogens is 364 g/mol. The number of aryl methyl sites for hydroxylation is 1. The Morgan fingerprint density at radius 3 is 2.73 bits per heavy atom. The number of benzene rings is 1. The molecule has 1 fully saturated rings. The van der Waals surface area contributed by atoms with Gasteiger partial charge in [-0.25, -0.2) is 0 Å². The van der Waals surface area contributed by atoms with E-state index in [1.807, 2.05) is 42.6 Å². The van der Waals surface area contributed by atoms with Crippen LogP contribution in [0.3, 0.4) is 0 Å². The minimum absolute atomic E-state index is 0.0128. The summed E-state index contributed by atoms with van der Waals surface area (Å²) in [6.07, 6.45) is 0. The number of hydrogen-bond donors (Lipinski definition) is 1. The molecule has 1 N–H and O–H groups in total. The predicted molar refractivity (Wildman–Crippen MR) is 91.2 cm³/mol. The topological polar surface area (TPSA) is 49.4 Å². The lowest BCUT2D eigenvalue weighted by atomic mass is 9.98. The molecule has 2 aromatic rings. The summed E-state index contributed by atoms with van der Waals surface area (Å²) in [5, 5.41) is 4.82. The molecule has 0 unspecified atom stereocenters. The predicted octanol–water partition coefficient (Wildman–Crippen LogP) is 3.53. The second-order valence-electron chi connectivity index (χ2n) is 5.33. The van der Waals surface area contributed by atoms with Crippen LogP contribution < -0.4 is 5.32 Å². The third-order valence-electron chi connectivity index (χ3n) is 3.72. The molecule has 0 aliphatic carbocycles. The van der Waals surface area contributed by atoms with Crippen molar-refractivity contribution < 1.29 is 9.59 Å². The van der Waals surface area contributed by atoms with E-state index in [1.165, 1.54) is 11.3 Å². The van der Waals surface area contributed by atoms with Crippen LogP contribution in [0.2, 0.25) is 0 Å². The van der Waals surface area contributed by atoms with Crippen molar-refractivity contribution in [3.8, 4) is 0 Å². The van der Waals surface area contributed by atoms with Crippen LogP contribution in [0.5, 0.6) is 0 Å². The van der Waals surface area contributed by atoms with Gasteiger partial charge in [0.2, 0.25) is 5.91 Å². The quantitative estimate of drug-likeness (QED) is 0.887. The van der Waals surface area contributed by atoms with Gasteiger partial charge in [0.1, 0.15) is 0 Å². The largest absolute Gasteiger partial charge is 0.336 e. The van der Waals surface area contributed by atoms with Gasteiger partial charge in [-0.1, -0.05) is 22.0 Å². The Kier molecular flexibility index (Phi) is 4.31. The van der Waals surface area contributed by atoms with Crippen LogP contribution in [0.15, 0.2) is 40.2 Å². The Balaban J connectivity index is 1.56. The minimum atomic E-state index is -0.132. The number of halogens is 1. The van der Waals surface area contributed by atoms with E-state index in [9.17, 15) is 9.59 Å². The van der Waals surface area contributed by atoms with Crippen LogP contribution in [0.1, 0.15) is 15.2 Å². The Morgan fingerprint density at radius 2 is 2.09 bits per heavy atom. The van der Waals surface area contributed by atoms with Crippen molar-refractivity contribution in [2.24, 2.45) is 5.92 Å². The van der Waals surface area contributed by atoms with Crippen molar-refractivity contribution in [3.63, 3.8) is 0 Å². The van der Waals surface area contributed by atoms with Gasteiger partial charge in [0.15, 0.2) is 0 Å². The highest BCUT2D eigenvalue weighted by atomic mass is 79.9. The highest BCUT2D eigenvalue weighted by Crippen LogP contribution is 2.24. The van der Waals surface area contributed by atoms with Gasteiger partial charge in [-0.15, -0.1) is 11.3 Å².